The van der Waals surface area contributed by atoms with Gasteiger partial charge in [-0.2, -0.15) is 0 Å². The fourth-order valence-electron chi connectivity index (χ4n) is 1.15. The van der Waals surface area contributed by atoms with E-state index in [2.05, 4.69) is 25.4 Å². The Bertz CT molecular complexity index is 466. The van der Waals surface area contributed by atoms with Crippen LogP contribution in [0.15, 0.2) is 12.4 Å². The average molecular weight is 208 g/mol. The molecular weight excluding hydrogens is 199 g/mol. The van der Waals surface area contributed by atoms with Crippen LogP contribution in [0, 0.1) is 12.7 Å². The minimum atomic E-state index is -0.562. The molecule has 78 valence electrons. The number of anilines is 1. The highest BCUT2D eigenvalue weighted by atomic mass is 19.1. The van der Waals surface area contributed by atoms with Crippen LogP contribution in [0.1, 0.15) is 5.69 Å². The predicted molar refractivity (Wildman–Crippen MR) is 52.1 cm³/mol. The predicted octanol–water partition coefficient (Wildman–Crippen LogP) is 0.600. The molecule has 2 aromatic heterocycles. The summed E-state index contributed by atoms with van der Waals surface area (Å²) in [5.74, 6) is 5.29. The summed E-state index contributed by atoms with van der Waals surface area (Å²) in [6.45, 7) is 1.53. The molecule has 6 nitrogen and oxygen atoms in total. The molecule has 0 aliphatic rings. The van der Waals surface area contributed by atoms with E-state index in [1.165, 1.54) is 6.92 Å². The number of aromatic amines is 1. The Morgan fingerprint density at radius 3 is 2.87 bits per heavy atom. The van der Waals surface area contributed by atoms with Crippen LogP contribution in [0.3, 0.4) is 0 Å². The number of hydrazine groups is 1. The van der Waals surface area contributed by atoms with Crippen molar-refractivity contribution in [3.05, 3.63) is 23.9 Å². The molecule has 15 heavy (non-hydrogen) atoms. The molecule has 0 unspecified atom stereocenters. The van der Waals surface area contributed by atoms with Gasteiger partial charge in [-0.25, -0.2) is 25.2 Å². The number of nitrogens with one attached hydrogen (secondary N) is 2. The molecule has 0 aromatic carbocycles. The monoisotopic (exact) mass is 208 g/mol. The number of hydrogen-bond donors (Lipinski definition) is 3. The smallest absolute Gasteiger partial charge is 0.198 e. The summed E-state index contributed by atoms with van der Waals surface area (Å²) < 4.78 is 13.3. The summed E-state index contributed by atoms with van der Waals surface area (Å²) in [6, 6.07) is 0. The number of hydrogen-bond acceptors (Lipinski definition) is 5. The molecule has 7 heteroatoms. The van der Waals surface area contributed by atoms with E-state index in [0.717, 1.165) is 0 Å². The Labute approximate surface area is 84.7 Å². The van der Waals surface area contributed by atoms with Gasteiger partial charge in [0.1, 0.15) is 0 Å². The highest BCUT2D eigenvalue weighted by Crippen LogP contribution is 2.17. The highest BCUT2D eigenvalue weighted by molar-refractivity contribution is 5.49. The van der Waals surface area contributed by atoms with E-state index in [4.69, 9.17) is 5.84 Å². The normalized spacial score (nSPS) is 10.3. The molecule has 0 saturated carbocycles. The van der Waals surface area contributed by atoms with Gasteiger partial charge in [-0.3, -0.25) is 0 Å². The number of aryl methyl sites for hydroxylation is 1. The molecule has 2 aromatic rings. The van der Waals surface area contributed by atoms with Crippen LogP contribution >= 0.6 is 0 Å². The third kappa shape index (κ3) is 1.64. The minimum Gasteiger partial charge on any atom is -0.342 e. The van der Waals surface area contributed by atoms with Crippen molar-refractivity contribution in [1.82, 2.24) is 19.9 Å². The number of nitrogens with zero attached hydrogens (tertiary/aromatic N) is 3. The molecule has 0 bridgehead atoms. The van der Waals surface area contributed by atoms with Crippen molar-refractivity contribution in [2.75, 3.05) is 5.43 Å². The van der Waals surface area contributed by atoms with E-state index in [1.807, 2.05) is 0 Å². The zero-order valence-electron chi connectivity index (χ0n) is 7.95. The van der Waals surface area contributed by atoms with Gasteiger partial charge in [-0.15, -0.1) is 0 Å². The van der Waals surface area contributed by atoms with Gasteiger partial charge in [0, 0.05) is 12.4 Å². The quantitative estimate of drug-likeness (QED) is 0.496. The summed E-state index contributed by atoms with van der Waals surface area (Å²) in [6.07, 6.45) is 3.19. The number of nitrogens with two attached hydrogens (primary N) is 1. The van der Waals surface area contributed by atoms with E-state index in [0.29, 0.717) is 11.6 Å². The minimum absolute atomic E-state index is 0.0473. The van der Waals surface area contributed by atoms with Crippen LogP contribution in [0.25, 0.3) is 11.6 Å². The molecule has 0 saturated heterocycles. The Balaban J connectivity index is 2.55. The second-order valence-corrected chi connectivity index (χ2v) is 2.88. The molecule has 4 N–H and O–H groups in total. The molecule has 0 spiro atoms. The first kappa shape index (κ1) is 9.53. The van der Waals surface area contributed by atoms with Gasteiger partial charge in [0.25, 0.3) is 0 Å². The summed E-state index contributed by atoms with van der Waals surface area (Å²) in [7, 11) is 0. The van der Waals surface area contributed by atoms with Crippen molar-refractivity contribution in [1.29, 1.82) is 0 Å². The lowest BCUT2D eigenvalue weighted by Crippen LogP contribution is -2.13. The fourth-order valence-corrected chi connectivity index (χ4v) is 1.15. The Hall–Kier alpha value is -2.02. The van der Waals surface area contributed by atoms with Crippen molar-refractivity contribution in [2.45, 2.75) is 6.92 Å². The highest BCUT2D eigenvalue weighted by Gasteiger charge is 2.12. The second kappa shape index (κ2) is 3.62. The van der Waals surface area contributed by atoms with E-state index < -0.39 is 5.82 Å². The molecule has 0 aliphatic carbocycles. The average Bonchev–Trinajstić information content (AvgIpc) is 2.75. The maximum atomic E-state index is 13.3. The molecule has 2 heterocycles. The van der Waals surface area contributed by atoms with Crippen LogP contribution in [0.5, 0.6) is 0 Å². The van der Waals surface area contributed by atoms with Crippen molar-refractivity contribution in [3.8, 4) is 11.6 Å². The van der Waals surface area contributed by atoms with Crippen LogP contribution in [-0.4, -0.2) is 19.9 Å². The largest absolute Gasteiger partial charge is 0.342 e. The molecule has 0 aliphatic heterocycles. The molecule has 0 fully saturated rings. The first-order valence-corrected chi connectivity index (χ1v) is 4.23. The molecular formula is C8H9FN6. The molecule has 0 radical (unpaired) electrons. The first-order valence-electron chi connectivity index (χ1n) is 4.23. The lowest BCUT2D eigenvalue weighted by molar-refractivity contribution is 0.606. The SMILES string of the molecule is Cc1nc(-c2ncc[nH]2)nc(NN)c1F. The Morgan fingerprint density at radius 1 is 1.47 bits per heavy atom. The number of imidazole rings is 1. The maximum absolute atomic E-state index is 13.3. The number of aromatic nitrogens is 4. The Morgan fingerprint density at radius 2 is 2.27 bits per heavy atom. The third-order valence-corrected chi connectivity index (χ3v) is 1.86. The lowest BCUT2D eigenvalue weighted by atomic mass is 10.4. The van der Waals surface area contributed by atoms with E-state index in [9.17, 15) is 4.39 Å². The number of nitrogen functional groups attached to an aromatic ring is 1. The second-order valence-electron chi connectivity index (χ2n) is 2.88. The van der Waals surface area contributed by atoms with Crippen LogP contribution < -0.4 is 11.3 Å². The van der Waals surface area contributed by atoms with Gasteiger partial charge in [-0.05, 0) is 6.92 Å². The van der Waals surface area contributed by atoms with Crippen molar-refractivity contribution < 1.29 is 4.39 Å². The van der Waals surface area contributed by atoms with E-state index in [-0.39, 0.29) is 11.5 Å². The van der Waals surface area contributed by atoms with Gasteiger partial charge in [0.05, 0.1) is 5.69 Å². The van der Waals surface area contributed by atoms with Gasteiger partial charge in [0.15, 0.2) is 23.3 Å². The molecule has 2 rings (SSSR count). The molecule has 0 amide bonds. The summed E-state index contributed by atoms with van der Waals surface area (Å²) in [5, 5.41) is 0. The van der Waals surface area contributed by atoms with Gasteiger partial charge in [-0.1, -0.05) is 0 Å². The van der Waals surface area contributed by atoms with Crippen LogP contribution in [0.4, 0.5) is 10.2 Å². The topological polar surface area (TPSA) is 92.5 Å². The van der Waals surface area contributed by atoms with Crippen molar-refractivity contribution in [2.24, 2.45) is 5.84 Å². The van der Waals surface area contributed by atoms with Crippen molar-refractivity contribution in [3.63, 3.8) is 0 Å². The summed E-state index contributed by atoms with van der Waals surface area (Å²) in [5.41, 5.74) is 2.38. The lowest BCUT2D eigenvalue weighted by Gasteiger charge is -2.05. The zero-order valence-corrected chi connectivity index (χ0v) is 7.95. The summed E-state index contributed by atoms with van der Waals surface area (Å²) in [4.78, 5) is 14.6. The van der Waals surface area contributed by atoms with Crippen molar-refractivity contribution >= 4 is 5.82 Å². The van der Waals surface area contributed by atoms with Crippen LogP contribution in [0.2, 0.25) is 0 Å². The summed E-state index contributed by atoms with van der Waals surface area (Å²) >= 11 is 0. The number of halogens is 1. The Kier molecular flexibility index (Phi) is 2.30. The number of H-pyrrole nitrogens is 1. The van der Waals surface area contributed by atoms with Gasteiger partial charge < -0.3 is 10.4 Å². The standard InChI is InChI=1S/C8H9FN6/c1-4-5(9)6(15-10)14-8(13-4)7-11-2-3-12-7/h2-3H,10H2,1H3,(H,11,12)(H,13,14,15). The van der Waals surface area contributed by atoms with E-state index >= 15 is 0 Å². The van der Waals surface area contributed by atoms with Gasteiger partial charge >= 0.3 is 0 Å². The maximum Gasteiger partial charge on any atom is 0.198 e. The first-order chi connectivity index (χ1) is 7.22. The van der Waals surface area contributed by atoms with E-state index in [1.54, 1.807) is 12.4 Å². The molecule has 0 atom stereocenters. The van der Waals surface area contributed by atoms with Gasteiger partial charge in [0.2, 0.25) is 0 Å². The third-order valence-electron chi connectivity index (χ3n) is 1.86. The van der Waals surface area contributed by atoms with Crippen LogP contribution in [-0.2, 0) is 0 Å². The zero-order chi connectivity index (χ0) is 10.8. The fraction of sp³-hybridized carbons (Fsp3) is 0.125. The number of rotatable bonds is 2.